The van der Waals surface area contributed by atoms with Crippen LogP contribution in [-0.2, 0) is 38.4 Å². The highest BCUT2D eigenvalue weighted by Gasteiger charge is 2.31. The lowest BCUT2D eigenvalue weighted by Gasteiger charge is -2.25. The van der Waals surface area contributed by atoms with E-state index in [1.54, 1.807) is 18.3 Å². The van der Waals surface area contributed by atoms with Crippen LogP contribution in [0.3, 0.4) is 0 Å². The lowest BCUT2D eigenvalue weighted by Crippen LogP contribution is -2.58. The molecule has 238 valence electrons. The van der Waals surface area contributed by atoms with Crippen LogP contribution in [0.5, 0.6) is 5.75 Å². The third-order valence-electron chi connectivity index (χ3n) is 7.39. The lowest BCUT2D eigenvalue weighted by molar-refractivity contribution is -0.142. The predicted molar refractivity (Wildman–Crippen MR) is 167 cm³/mol. The summed E-state index contributed by atoms with van der Waals surface area (Å²) in [6.07, 6.45) is 5.14. The van der Waals surface area contributed by atoms with E-state index < -0.39 is 47.9 Å². The van der Waals surface area contributed by atoms with E-state index in [1.165, 1.54) is 24.7 Å². The second kappa shape index (κ2) is 15.0. The highest BCUT2D eigenvalue weighted by molar-refractivity contribution is 5.95. The number of carbonyl (C=O) groups excluding carboxylic acids is 3. The number of H-pyrrole nitrogens is 2. The van der Waals surface area contributed by atoms with Gasteiger partial charge in [0.2, 0.25) is 17.7 Å². The average Bonchev–Trinajstić information content (AvgIpc) is 3.67. The molecule has 0 saturated heterocycles. The number of aromatic hydroxyl groups is 1. The van der Waals surface area contributed by atoms with Crippen molar-refractivity contribution in [1.29, 1.82) is 0 Å². The Labute approximate surface area is 260 Å². The van der Waals surface area contributed by atoms with Gasteiger partial charge in [0.05, 0.1) is 12.4 Å². The minimum absolute atomic E-state index is 0.00663. The molecule has 13 nitrogen and oxygen atoms in total. The Morgan fingerprint density at radius 3 is 2.13 bits per heavy atom. The first-order chi connectivity index (χ1) is 21.5. The van der Waals surface area contributed by atoms with E-state index in [-0.39, 0.29) is 37.4 Å². The van der Waals surface area contributed by atoms with Crippen LogP contribution in [0.25, 0.3) is 10.9 Å². The van der Waals surface area contributed by atoms with E-state index in [1.807, 2.05) is 38.1 Å². The zero-order valence-electron chi connectivity index (χ0n) is 25.1. The Morgan fingerprint density at radius 1 is 0.844 bits per heavy atom. The number of hydrogen-bond acceptors (Lipinski definition) is 7. The number of carboxylic acids is 1. The number of fused-ring (bicyclic) bond motifs is 1. The van der Waals surface area contributed by atoms with Crippen LogP contribution in [0.4, 0.5) is 0 Å². The van der Waals surface area contributed by atoms with E-state index in [9.17, 15) is 29.4 Å². The third kappa shape index (κ3) is 9.16. The number of phenolic OH excluding ortho intramolecular Hbond substituents is 1. The molecule has 0 aliphatic heterocycles. The standard InChI is InChI=1S/C32H39N7O6/c1-18(2)11-28(32(44)45)39-30(42)26(13-20-15-35-25-6-4-3-5-23(20)25)38-31(43)27(14-21-16-34-17-36-21)37-29(41)24(33)12-19-7-9-22(40)10-8-19/h3-10,15-18,24,26-28,35,40H,11-14,33H2,1-2H3,(H,34,36)(H,37,41)(H,38,43)(H,39,42)(H,44,45). The fraction of sp³-hybridized carbons (Fsp3) is 0.344. The predicted octanol–water partition coefficient (Wildman–Crippen LogP) is 1.54. The van der Waals surface area contributed by atoms with Gasteiger partial charge in [0.25, 0.3) is 0 Å². The number of imidazole rings is 1. The lowest BCUT2D eigenvalue weighted by atomic mass is 10.0. The summed E-state index contributed by atoms with van der Waals surface area (Å²) in [6, 6.07) is 9.28. The number of nitrogens with one attached hydrogen (secondary N) is 5. The van der Waals surface area contributed by atoms with E-state index in [0.717, 1.165) is 22.0 Å². The summed E-state index contributed by atoms with van der Waals surface area (Å²) in [5.41, 5.74) is 9.03. The molecule has 4 atom stereocenters. The Hall–Kier alpha value is -5.17. The molecule has 4 rings (SSSR count). The molecule has 9 N–H and O–H groups in total. The van der Waals surface area contributed by atoms with Crippen LogP contribution >= 0.6 is 0 Å². The molecule has 2 aromatic heterocycles. The molecule has 3 amide bonds. The van der Waals surface area contributed by atoms with Gasteiger partial charge in [0, 0.05) is 41.8 Å². The van der Waals surface area contributed by atoms with Crippen LogP contribution in [-0.4, -0.2) is 73.0 Å². The summed E-state index contributed by atoms with van der Waals surface area (Å²) in [7, 11) is 0. The molecule has 0 fully saturated rings. The van der Waals surface area contributed by atoms with Gasteiger partial charge in [0.15, 0.2) is 0 Å². The molecule has 2 aromatic carbocycles. The van der Waals surface area contributed by atoms with Gasteiger partial charge in [-0.1, -0.05) is 44.2 Å². The zero-order valence-corrected chi connectivity index (χ0v) is 25.1. The van der Waals surface area contributed by atoms with E-state index in [0.29, 0.717) is 5.69 Å². The monoisotopic (exact) mass is 617 g/mol. The molecular weight excluding hydrogens is 578 g/mol. The first kappa shape index (κ1) is 32.7. The number of nitrogens with zero attached hydrogens (tertiary/aromatic N) is 1. The molecule has 4 aromatic rings. The molecule has 0 spiro atoms. The number of aromatic nitrogens is 3. The molecule has 0 radical (unpaired) electrons. The number of rotatable bonds is 15. The smallest absolute Gasteiger partial charge is 0.326 e. The number of carboxylic acid groups (broad SMARTS) is 1. The zero-order chi connectivity index (χ0) is 32.5. The normalized spacial score (nSPS) is 14.0. The second-order valence-corrected chi connectivity index (χ2v) is 11.5. The Kier molecular flexibility index (Phi) is 10.9. The summed E-state index contributed by atoms with van der Waals surface area (Å²) in [5, 5.41) is 28.2. The van der Waals surface area contributed by atoms with E-state index in [4.69, 9.17) is 5.73 Å². The van der Waals surface area contributed by atoms with Crippen LogP contribution in [0.1, 0.15) is 37.1 Å². The van der Waals surface area contributed by atoms with E-state index in [2.05, 4.69) is 30.9 Å². The van der Waals surface area contributed by atoms with Crippen LogP contribution in [0.15, 0.2) is 67.3 Å². The summed E-state index contributed by atoms with van der Waals surface area (Å²) in [5.74, 6) is -3.03. The van der Waals surface area contributed by atoms with Gasteiger partial charge >= 0.3 is 5.97 Å². The molecular formula is C32H39N7O6. The van der Waals surface area contributed by atoms with Gasteiger partial charge in [-0.2, -0.15) is 0 Å². The first-order valence-corrected chi connectivity index (χ1v) is 14.7. The van der Waals surface area contributed by atoms with Crippen molar-refractivity contribution in [2.45, 2.75) is 63.7 Å². The minimum Gasteiger partial charge on any atom is -0.508 e. The second-order valence-electron chi connectivity index (χ2n) is 11.5. The molecule has 13 heteroatoms. The fourth-order valence-corrected chi connectivity index (χ4v) is 5.05. The average molecular weight is 618 g/mol. The Morgan fingerprint density at radius 2 is 1.49 bits per heavy atom. The number of benzene rings is 2. The van der Waals surface area contributed by atoms with E-state index >= 15 is 0 Å². The molecule has 0 bridgehead atoms. The van der Waals surface area contributed by atoms with Crippen molar-refractivity contribution in [1.82, 2.24) is 30.9 Å². The van der Waals surface area contributed by atoms with Crippen molar-refractivity contribution in [2.24, 2.45) is 11.7 Å². The quantitative estimate of drug-likeness (QED) is 0.0977. The van der Waals surface area contributed by atoms with Crippen LogP contribution < -0.4 is 21.7 Å². The fourth-order valence-electron chi connectivity index (χ4n) is 5.05. The highest BCUT2D eigenvalue weighted by atomic mass is 16.4. The molecule has 2 heterocycles. The molecule has 0 saturated carbocycles. The Bertz CT molecular complexity index is 1600. The number of carbonyl (C=O) groups is 4. The number of phenols is 1. The van der Waals surface area contributed by atoms with Gasteiger partial charge in [-0.05, 0) is 48.1 Å². The topological polar surface area (TPSA) is 215 Å². The number of aromatic amines is 2. The van der Waals surface area contributed by atoms with Crippen molar-refractivity contribution in [2.75, 3.05) is 0 Å². The summed E-state index contributed by atoms with van der Waals surface area (Å²) < 4.78 is 0. The van der Waals surface area contributed by atoms with Crippen molar-refractivity contribution >= 4 is 34.6 Å². The summed E-state index contributed by atoms with van der Waals surface area (Å²) in [4.78, 5) is 62.5. The van der Waals surface area contributed by atoms with Crippen molar-refractivity contribution in [3.8, 4) is 5.75 Å². The van der Waals surface area contributed by atoms with Gasteiger partial charge in [0.1, 0.15) is 23.9 Å². The van der Waals surface area contributed by atoms with Crippen LogP contribution in [0.2, 0.25) is 0 Å². The van der Waals surface area contributed by atoms with Gasteiger partial charge < -0.3 is 41.9 Å². The van der Waals surface area contributed by atoms with Crippen molar-refractivity contribution in [3.63, 3.8) is 0 Å². The number of hydrogen-bond donors (Lipinski definition) is 8. The number of para-hydroxylation sites is 1. The molecule has 4 unspecified atom stereocenters. The largest absolute Gasteiger partial charge is 0.508 e. The van der Waals surface area contributed by atoms with Gasteiger partial charge in [-0.3, -0.25) is 14.4 Å². The van der Waals surface area contributed by atoms with Crippen molar-refractivity contribution in [3.05, 3.63) is 84.1 Å². The van der Waals surface area contributed by atoms with Gasteiger partial charge in [-0.25, -0.2) is 9.78 Å². The minimum atomic E-state index is -1.18. The number of nitrogens with two attached hydrogens (primary N) is 1. The summed E-state index contributed by atoms with van der Waals surface area (Å²) in [6.45, 7) is 3.70. The first-order valence-electron chi connectivity index (χ1n) is 14.7. The maximum absolute atomic E-state index is 13.8. The summed E-state index contributed by atoms with van der Waals surface area (Å²) >= 11 is 0. The maximum Gasteiger partial charge on any atom is 0.326 e. The van der Waals surface area contributed by atoms with Gasteiger partial charge in [-0.15, -0.1) is 0 Å². The maximum atomic E-state index is 13.8. The number of amides is 3. The highest BCUT2D eigenvalue weighted by Crippen LogP contribution is 2.20. The Balaban J connectivity index is 1.56. The van der Waals surface area contributed by atoms with Crippen molar-refractivity contribution < 1.29 is 29.4 Å². The molecule has 0 aliphatic rings. The third-order valence-corrected chi connectivity index (χ3v) is 7.39. The SMILES string of the molecule is CC(C)CC(NC(=O)C(Cc1c[nH]c2ccccc12)NC(=O)C(Cc1cnc[nH]1)NC(=O)C(N)Cc1ccc(O)cc1)C(=O)O. The molecule has 45 heavy (non-hydrogen) atoms. The van der Waals surface area contributed by atoms with Crippen LogP contribution in [0, 0.1) is 5.92 Å². The number of aliphatic carboxylic acids is 1. The molecule has 0 aliphatic carbocycles.